The molecule has 22 heavy (non-hydrogen) atoms. The molecule has 0 atom stereocenters. The van der Waals surface area contributed by atoms with Crippen molar-refractivity contribution in [3.05, 3.63) is 59.7 Å². The van der Waals surface area contributed by atoms with Gasteiger partial charge in [-0.2, -0.15) is 0 Å². The first-order valence-electron chi connectivity index (χ1n) is 7.42. The van der Waals surface area contributed by atoms with E-state index >= 15 is 0 Å². The number of likely N-dealkylation sites (N-methyl/N-ethyl adjacent to an activating group) is 1. The van der Waals surface area contributed by atoms with Crippen LogP contribution in [-0.2, 0) is 0 Å². The molecule has 0 saturated carbocycles. The highest BCUT2D eigenvalue weighted by atomic mass is 16.5. The number of carbonyl (C=O) groups excluding carboxylic acids is 1. The zero-order valence-electron chi connectivity index (χ0n) is 13.3. The summed E-state index contributed by atoms with van der Waals surface area (Å²) < 4.78 is 5.50. The Morgan fingerprint density at radius 2 is 1.50 bits per heavy atom. The Kier molecular flexibility index (Phi) is 7.72. The standard InChI is InChI=1S/C16H17NO3.C2H6/c1-17-10-11-20-15-8-4-13(5-9-15)16(19)12-2-6-14(18)7-3-12;1-2/h2-9,17-18H,10-11H2,1H3;1-2H3. The Bertz CT molecular complexity index is 562. The van der Waals surface area contributed by atoms with Gasteiger partial charge in [0.1, 0.15) is 18.1 Å². The first-order chi connectivity index (χ1) is 10.7. The summed E-state index contributed by atoms with van der Waals surface area (Å²) in [6.07, 6.45) is 0. The van der Waals surface area contributed by atoms with Gasteiger partial charge in [0.25, 0.3) is 0 Å². The summed E-state index contributed by atoms with van der Waals surface area (Å²) in [5.74, 6) is 0.809. The average Bonchev–Trinajstić information content (AvgIpc) is 2.58. The van der Waals surface area contributed by atoms with E-state index < -0.39 is 0 Å². The van der Waals surface area contributed by atoms with Crippen LogP contribution in [0.15, 0.2) is 48.5 Å². The van der Waals surface area contributed by atoms with Gasteiger partial charge in [-0.3, -0.25) is 4.79 Å². The Hall–Kier alpha value is -2.33. The molecule has 0 spiro atoms. The van der Waals surface area contributed by atoms with Gasteiger partial charge >= 0.3 is 0 Å². The zero-order valence-corrected chi connectivity index (χ0v) is 13.3. The largest absolute Gasteiger partial charge is 0.508 e. The van der Waals surface area contributed by atoms with Crippen LogP contribution in [0.3, 0.4) is 0 Å². The molecular weight excluding hydrogens is 278 g/mol. The summed E-state index contributed by atoms with van der Waals surface area (Å²) in [5, 5.41) is 12.2. The highest BCUT2D eigenvalue weighted by molar-refractivity contribution is 6.09. The van der Waals surface area contributed by atoms with Crippen molar-refractivity contribution in [3.63, 3.8) is 0 Å². The molecule has 0 aliphatic carbocycles. The molecule has 0 radical (unpaired) electrons. The highest BCUT2D eigenvalue weighted by Gasteiger charge is 2.08. The van der Waals surface area contributed by atoms with E-state index in [0.717, 1.165) is 12.3 Å². The molecule has 2 aromatic rings. The third kappa shape index (κ3) is 5.22. The summed E-state index contributed by atoms with van der Waals surface area (Å²) in [6.45, 7) is 5.36. The third-order valence-electron chi connectivity index (χ3n) is 2.87. The predicted molar refractivity (Wildman–Crippen MR) is 88.8 cm³/mol. The van der Waals surface area contributed by atoms with Gasteiger partial charge in [0.05, 0.1) is 0 Å². The van der Waals surface area contributed by atoms with Crippen LogP contribution in [-0.4, -0.2) is 31.1 Å². The van der Waals surface area contributed by atoms with Crippen LogP contribution in [0.2, 0.25) is 0 Å². The Morgan fingerprint density at radius 1 is 1.00 bits per heavy atom. The van der Waals surface area contributed by atoms with Crippen molar-refractivity contribution in [3.8, 4) is 11.5 Å². The van der Waals surface area contributed by atoms with Gasteiger partial charge in [0.15, 0.2) is 5.78 Å². The molecule has 2 aromatic carbocycles. The van der Waals surface area contributed by atoms with E-state index in [2.05, 4.69) is 5.32 Å². The first kappa shape index (κ1) is 17.7. The second kappa shape index (κ2) is 9.58. The van der Waals surface area contributed by atoms with Gasteiger partial charge in [0.2, 0.25) is 0 Å². The van der Waals surface area contributed by atoms with Crippen LogP contribution < -0.4 is 10.1 Å². The number of hydrogen-bond acceptors (Lipinski definition) is 4. The molecule has 118 valence electrons. The molecule has 0 aromatic heterocycles. The van der Waals surface area contributed by atoms with Gasteiger partial charge in [-0.05, 0) is 55.6 Å². The normalized spacial score (nSPS) is 9.59. The van der Waals surface area contributed by atoms with E-state index in [-0.39, 0.29) is 11.5 Å². The molecule has 2 N–H and O–H groups in total. The topological polar surface area (TPSA) is 58.6 Å². The second-order valence-corrected chi connectivity index (χ2v) is 4.35. The van der Waals surface area contributed by atoms with Crippen molar-refractivity contribution in [1.82, 2.24) is 5.32 Å². The van der Waals surface area contributed by atoms with E-state index in [9.17, 15) is 9.90 Å². The molecule has 4 nitrogen and oxygen atoms in total. The fraction of sp³-hybridized carbons (Fsp3) is 0.278. The first-order valence-corrected chi connectivity index (χ1v) is 7.42. The molecule has 0 unspecified atom stereocenters. The Morgan fingerprint density at radius 3 is 2.00 bits per heavy atom. The smallest absolute Gasteiger partial charge is 0.193 e. The molecule has 0 heterocycles. The lowest BCUT2D eigenvalue weighted by molar-refractivity contribution is 0.103. The monoisotopic (exact) mass is 301 g/mol. The number of ether oxygens (including phenoxy) is 1. The minimum atomic E-state index is -0.0771. The fourth-order valence-corrected chi connectivity index (χ4v) is 1.75. The maximum absolute atomic E-state index is 12.2. The number of phenolic OH excluding ortho intramolecular Hbond substituents is 1. The SMILES string of the molecule is CC.CNCCOc1ccc(C(=O)c2ccc(O)cc2)cc1. The van der Waals surface area contributed by atoms with E-state index in [0.29, 0.717) is 17.7 Å². The maximum atomic E-state index is 12.2. The minimum absolute atomic E-state index is 0.0771. The van der Waals surface area contributed by atoms with Crippen molar-refractivity contribution < 1.29 is 14.6 Å². The summed E-state index contributed by atoms with van der Waals surface area (Å²) in [4.78, 5) is 12.2. The van der Waals surface area contributed by atoms with E-state index in [1.807, 2.05) is 20.9 Å². The van der Waals surface area contributed by atoms with Crippen LogP contribution in [0, 0.1) is 0 Å². The van der Waals surface area contributed by atoms with E-state index in [4.69, 9.17) is 4.74 Å². The van der Waals surface area contributed by atoms with Gasteiger partial charge in [-0.1, -0.05) is 13.8 Å². The van der Waals surface area contributed by atoms with Crippen LogP contribution in [0.25, 0.3) is 0 Å². The Labute approximate surface area is 131 Å². The number of carbonyl (C=O) groups is 1. The Balaban J connectivity index is 0.00000116. The van der Waals surface area contributed by atoms with Crippen molar-refractivity contribution in [2.75, 3.05) is 20.2 Å². The molecule has 0 saturated heterocycles. The van der Waals surface area contributed by atoms with Crippen LogP contribution >= 0.6 is 0 Å². The maximum Gasteiger partial charge on any atom is 0.193 e. The van der Waals surface area contributed by atoms with E-state index in [1.165, 1.54) is 12.1 Å². The summed E-state index contributed by atoms with van der Waals surface area (Å²) in [7, 11) is 1.86. The van der Waals surface area contributed by atoms with Crippen LogP contribution in [0.1, 0.15) is 29.8 Å². The number of ketones is 1. The summed E-state index contributed by atoms with van der Waals surface area (Å²) >= 11 is 0. The molecule has 2 rings (SSSR count). The molecular formula is C18H23NO3. The summed E-state index contributed by atoms with van der Waals surface area (Å²) in [6, 6.07) is 13.3. The fourth-order valence-electron chi connectivity index (χ4n) is 1.75. The lowest BCUT2D eigenvalue weighted by Gasteiger charge is -2.06. The molecule has 0 aliphatic heterocycles. The predicted octanol–water partition coefficient (Wildman–Crippen LogP) is 3.25. The average molecular weight is 301 g/mol. The molecule has 0 amide bonds. The second-order valence-electron chi connectivity index (χ2n) is 4.35. The highest BCUT2D eigenvalue weighted by Crippen LogP contribution is 2.17. The van der Waals surface area contributed by atoms with Crippen molar-refractivity contribution in [2.24, 2.45) is 0 Å². The third-order valence-corrected chi connectivity index (χ3v) is 2.87. The molecule has 0 fully saturated rings. The van der Waals surface area contributed by atoms with E-state index in [1.54, 1.807) is 36.4 Å². The number of rotatable bonds is 6. The number of nitrogens with one attached hydrogen (secondary N) is 1. The van der Waals surface area contributed by atoms with Crippen molar-refractivity contribution in [2.45, 2.75) is 13.8 Å². The lowest BCUT2D eigenvalue weighted by Crippen LogP contribution is -2.15. The molecule has 4 heteroatoms. The summed E-state index contributed by atoms with van der Waals surface area (Å²) in [5.41, 5.74) is 1.14. The number of hydrogen-bond donors (Lipinski definition) is 2. The van der Waals surface area contributed by atoms with Crippen molar-refractivity contribution in [1.29, 1.82) is 0 Å². The molecule has 0 bridgehead atoms. The van der Waals surface area contributed by atoms with Gasteiger partial charge in [0, 0.05) is 17.7 Å². The quantitative estimate of drug-likeness (QED) is 0.635. The minimum Gasteiger partial charge on any atom is -0.508 e. The lowest BCUT2D eigenvalue weighted by atomic mass is 10.0. The zero-order chi connectivity index (χ0) is 16.4. The van der Waals surface area contributed by atoms with Gasteiger partial charge < -0.3 is 15.2 Å². The van der Waals surface area contributed by atoms with Gasteiger partial charge in [-0.25, -0.2) is 0 Å². The van der Waals surface area contributed by atoms with Crippen molar-refractivity contribution >= 4 is 5.78 Å². The van der Waals surface area contributed by atoms with Gasteiger partial charge in [-0.15, -0.1) is 0 Å². The number of benzene rings is 2. The molecule has 0 aliphatic rings. The van der Waals surface area contributed by atoms with Crippen LogP contribution in [0.5, 0.6) is 11.5 Å². The van der Waals surface area contributed by atoms with Crippen LogP contribution in [0.4, 0.5) is 0 Å². The number of aromatic hydroxyl groups is 1. The number of phenols is 1.